The van der Waals surface area contributed by atoms with Crippen LogP contribution in [0.3, 0.4) is 0 Å². The molecule has 1 aromatic rings. The average Bonchev–Trinajstić information content (AvgIpc) is 2.05. The summed E-state index contributed by atoms with van der Waals surface area (Å²) in [6.07, 6.45) is 0.970. The molecule has 0 radical (unpaired) electrons. The molecule has 1 aromatic carbocycles. The van der Waals surface area contributed by atoms with Crippen molar-refractivity contribution >= 4 is 29.2 Å². The van der Waals surface area contributed by atoms with Crippen molar-refractivity contribution in [1.82, 2.24) is 5.32 Å². The molecule has 0 spiro atoms. The fourth-order valence-corrected chi connectivity index (χ4v) is 1.16. The van der Waals surface area contributed by atoms with Crippen LogP contribution in [-0.4, -0.2) is 10.9 Å². The molecule has 0 fully saturated rings. The van der Waals surface area contributed by atoms with Gasteiger partial charge in [0.15, 0.2) is 0 Å². The normalized spacial score (nSPS) is 8.62. The Kier molecular flexibility index (Phi) is 7.90. The van der Waals surface area contributed by atoms with E-state index in [0.29, 0.717) is 4.32 Å². The molecule has 1 rings (SSSR count). The third-order valence-electron chi connectivity index (χ3n) is 1.53. The number of rotatable bonds is 3. The second-order valence-corrected chi connectivity index (χ2v) is 3.52. The first-order valence-electron chi connectivity index (χ1n) is 3.78. The fourth-order valence-electron chi connectivity index (χ4n) is 0.954. The zero-order chi connectivity index (χ0) is 8.81. The molecule has 0 amide bonds. The second kappa shape index (κ2) is 7.71. The van der Waals surface area contributed by atoms with Crippen LogP contribution in [0.1, 0.15) is 5.56 Å². The van der Waals surface area contributed by atoms with Crippen molar-refractivity contribution in [2.75, 3.05) is 6.54 Å². The molecule has 0 aromatic heterocycles. The molecule has 0 saturated carbocycles. The molecule has 1 N–H and O–H groups in total. The van der Waals surface area contributed by atoms with E-state index in [1.165, 1.54) is 5.56 Å². The van der Waals surface area contributed by atoms with E-state index in [9.17, 15) is 0 Å². The van der Waals surface area contributed by atoms with Crippen molar-refractivity contribution in [1.29, 1.82) is 0 Å². The van der Waals surface area contributed by atoms with Gasteiger partial charge in [0, 0.05) is 6.54 Å². The molecule has 0 atom stereocenters. The summed E-state index contributed by atoms with van der Waals surface area (Å²) in [7, 11) is 0. The van der Waals surface area contributed by atoms with E-state index < -0.39 is 0 Å². The Morgan fingerprint density at radius 2 is 1.92 bits per heavy atom. The summed E-state index contributed by atoms with van der Waals surface area (Å²) in [6.45, 7) is 0.826. The zero-order valence-corrected chi connectivity index (χ0v) is 11.3. The van der Waals surface area contributed by atoms with Crippen molar-refractivity contribution in [3.05, 3.63) is 35.9 Å². The molecule has 0 aliphatic heterocycles. The molecule has 64 valence electrons. The van der Waals surface area contributed by atoms with Gasteiger partial charge in [0.05, 0.1) is 0 Å². The quantitative estimate of drug-likeness (QED) is 0.384. The number of hydrogen-bond acceptors (Lipinski definition) is 2. The molecule has 13 heavy (non-hydrogen) atoms. The monoisotopic (exact) mass is 219 g/mol. The Balaban J connectivity index is 0.00000144. The van der Waals surface area contributed by atoms with E-state index >= 15 is 0 Å². The fraction of sp³-hybridized carbons (Fsp3) is 0.222. The number of benzene rings is 1. The number of nitrogens with one attached hydrogen (secondary N) is 1. The van der Waals surface area contributed by atoms with Crippen LogP contribution in [0.5, 0.6) is 0 Å². The maximum absolute atomic E-state index is 4.71. The van der Waals surface area contributed by atoms with Gasteiger partial charge in [-0.1, -0.05) is 34.7 Å². The molecule has 0 unspecified atom stereocenters. The number of thiocarbonyl (C=S) groups is 1. The molecule has 0 saturated heterocycles. The predicted molar refractivity (Wildman–Crippen MR) is 58.1 cm³/mol. The van der Waals surface area contributed by atoms with Gasteiger partial charge in [-0.25, -0.2) is 0 Å². The van der Waals surface area contributed by atoms with E-state index in [2.05, 4.69) is 17.4 Å². The van der Waals surface area contributed by atoms with Crippen molar-refractivity contribution < 1.29 is 29.6 Å². The summed E-state index contributed by atoms with van der Waals surface area (Å²) in [5.74, 6) is 0. The molecular formula is C9H10NNaS2. The van der Waals surface area contributed by atoms with Gasteiger partial charge < -0.3 is 30.2 Å². The van der Waals surface area contributed by atoms with Gasteiger partial charge in [0.1, 0.15) is 0 Å². The first kappa shape index (κ1) is 13.3. The number of hydrogen-bond donors (Lipinski definition) is 1. The first-order chi connectivity index (χ1) is 5.79. The van der Waals surface area contributed by atoms with Crippen LogP contribution >= 0.6 is 12.2 Å². The Morgan fingerprint density at radius 1 is 1.31 bits per heavy atom. The smallest absolute Gasteiger partial charge is 0.412 e. The first-order valence-corrected chi connectivity index (χ1v) is 4.59. The van der Waals surface area contributed by atoms with Crippen molar-refractivity contribution in [3.63, 3.8) is 0 Å². The van der Waals surface area contributed by atoms with Gasteiger partial charge in [0.2, 0.25) is 0 Å². The maximum atomic E-state index is 4.71. The zero-order valence-electron chi connectivity index (χ0n) is 7.62. The topological polar surface area (TPSA) is 12.0 Å². The van der Waals surface area contributed by atoms with Gasteiger partial charge in [-0.3, -0.25) is 0 Å². The SMILES string of the molecule is S=C([S-])NCCc1ccccc1.[Na+]. The van der Waals surface area contributed by atoms with Crippen LogP contribution in [0.2, 0.25) is 0 Å². The van der Waals surface area contributed by atoms with Gasteiger partial charge in [-0.2, -0.15) is 0 Å². The Labute approximate surface area is 112 Å². The standard InChI is InChI=1S/C9H11NS2.Na/c11-9(12)10-7-6-8-4-2-1-3-5-8;/h1-5H,6-7H2,(H2,10,11,12);/q;+1/p-1. The third kappa shape index (κ3) is 6.41. The van der Waals surface area contributed by atoms with Gasteiger partial charge in [0.25, 0.3) is 0 Å². The summed E-state index contributed by atoms with van der Waals surface area (Å²) in [6, 6.07) is 10.2. The molecule has 0 bridgehead atoms. The Bertz CT molecular complexity index is 251. The van der Waals surface area contributed by atoms with Crippen LogP contribution in [0.15, 0.2) is 30.3 Å². The van der Waals surface area contributed by atoms with Gasteiger partial charge in [-0.05, 0) is 12.0 Å². The summed E-state index contributed by atoms with van der Waals surface area (Å²) in [5, 5.41) is 2.94. The second-order valence-electron chi connectivity index (χ2n) is 2.45. The van der Waals surface area contributed by atoms with Crippen molar-refractivity contribution in [3.8, 4) is 0 Å². The Morgan fingerprint density at radius 3 is 2.46 bits per heavy atom. The average molecular weight is 219 g/mol. The van der Waals surface area contributed by atoms with E-state index in [-0.39, 0.29) is 29.6 Å². The molecule has 0 heterocycles. The molecule has 4 heteroatoms. The van der Waals surface area contributed by atoms with E-state index in [0.717, 1.165) is 13.0 Å². The van der Waals surface area contributed by atoms with E-state index in [1.54, 1.807) is 0 Å². The summed E-state index contributed by atoms with van der Waals surface area (Å²) in [4.78, 5) is 0. The molecule has 0 aliphatic carbocycles. The minimum atomic E-state index is 0. The minimum absolute atomic E-state index is 0. The minimum Gasteiger partial charge on any atom is -0.412 e. The van der Waals surface area contributed by atoms with Gasteiger partial charge >= 0.3 is 29.6 Å². The Hall–Kier alpha value is 0.330. The van der Waals surface area contributed by atoms with Crippen molar-refractivity contribution in [2.45, 2.75) is 6.42 Å². The molecular weight excluding hydrogens is 209 g/mol. The molecule has 1 nitrogen and oxygen atoms in total. The maximum Gasteiger partial charge on any atom is 1.00 e. The molecule has 0 aliphatic rings. The van der Waals surface area contributed by atoms with Crippen LogP contribution < -0.4 is 34.9 Å². The van der Waals surface area contributed by atoms with Crippen LogP contribution in [0, 0.1) is 0 Å². The van der Waals surface area contributed by atoms with Crippen LogP contribution in [0.4, 0.5) is 0 Å². The third-order valence-corrected chi connectivity index (χ3v) is 1.81. The van der Waals surface area contributed by atoms with Gasteiger partial charge in [-0.15, -0.1) is 0 Å². The predicted octanol–water partition coefficient (Wildman–Crippen LogP) is -1.35. The van der Waals surface area contributed by atoms with E-state index in [1.807, 2.05) is 18.2 Å². The van der Waals surface area contributed by atoms with Crippen LogP contribution in [0.25, 0.3) is 0 Å². The summed E-state index contributed by atoms with van der Waals surface area (Å²) < 4.78 is 0.450. The van der Waals surface area contributed by atoms with Crippen LogP contribution in [-0.2, 0) is 19.0 Å². The largest absolute Gasteiger partial charge is 1.00 e. The summed E-state index contributed by atoms with van der Waals surface area (Å²) in [5.41, 5.74) is 1.30. The van der Waals surface area contributed by atoms with Crippen molar-refractivity contribution in [2.24, 2.45) is 0 Å². The summed E-state index contributed by atoms with van der Waals surface area (Å²) >= 11 is 9.43. The van der Waals surface area contributed by atoms with E-state index in [4.69, 9.17) is 24.8 Å².